The molecule has 2 aliphatic rings. The van der Waals surface area contributed by atoms with Gasteiger partial charge in [0, 0.05) is 37.9 Å². The molecule has 1 N–H and O–H groups in total. The molecule has 1 fully saturated rings. The van der Waals surface area contributed by atoms with E-state index in [0.29, 0.717) is 29.3 Å². The highest BCUT2D eigenvalue weighted by atomic mass is 16.5. The van der Waals surface area contributed by atoms with Gasteiger partial charge < -0.3 is 14.8 Å². The van der Waals surface area contributed by atoms with E-state index in [1.165, 1.54) is 4.90 Å². The molecule has 0 radical (unpaired) electrons. The molecule has 4 rings (SSSR count). The Hall–Kier alpha value is -3.16. The van der Waals surface area contributed by atoms with Crippen LogP contribution in [0.15, 0.2) is 48.2 Å². The lowest BCUT2D eigenvalue weighted by Gasteiger charge is -2.27. The summed E-state index contributed by atoms with van der Waals surface area (Å²) in [5.41, 5.74) is 4.38. The second kappa shape index (κ2) is 10.2. The van der Waals surface area contributed by atoms with E-state index in [1.807, 2.05) is 56.3 Å². The Morgan fingerprint density at radius 2 is 1.76 bits per heavy atom. The Kier molecular flexibility index (Phi) is 7.11. The number of carbonyl (C=O) groups excluding carboxylic acids is 2. The summed E-state index contributed by atoms with van der Waals surface area (Å²) >= 11 is 0. The number of aryl methyl sites for hydroxylation is 2. The van der Waals surface area contributed by atoms with Gasteiger partial charge in [-0.2, -0.15) is 0 Å². The lowest BCUT2D eigenvalue weighted by molar-refractivity contribution is -0.136. The molecule has 0 atom stereocenters. The molecular weight excluding hydrogens is 418 g/mol. The molecule has 1 saturated heterocycles. The summed E-state index contributed by atoms with van der Waals surface area (Å²) < 4.78 is 10.7. The number of benzene rings is 2. The summed E-state index contributed by atoms with van der Waals surface area (Å²) in [7, 11) is 1.60. The molecule has 2 heterocycles. The van der Waals surface area contributed by atoms with Gasteiger partial charge in [0.15, 0.2) is 0 Å². The third-order valence-corrected chi connectivity index (χ3v) is 6.26. The molecule has 7 heteroatoms. The molecule has 0 spiro atoms. The average molecular weight is 450 g/mol. The number of carbonyl (C=O) groups is 2. The molecule has 0 bridgehead atoms. The highest BCUT2D eigenvalue weighted by Gasteiger charge is 2.39. The van der Waals surface area contributed by atoms with Crippen LogP contribution >= 0.6 is 0 Å². The number of anilines is 1. The number of morpholine rings is 1. The zero-order valence-corrected chi connectivity index (χ0v) is 19.5. The summed E-state index contributed by atoms with van der Waals surface area (Å²) in [6.07, 6.45) is 0.726. The number of nitrogens with zero attached hydrogens (tertiary/aromatic N) is 2. The van der Waals surface area contributed by atoms with Crippen molar-refractivity contribution < 1.29 is 19.1 Å². The monoisotopic (exact) mass is 449 g/mol. The number of rotatable bonds is 8. The van der Waals surface area contributed by atoms with Crippen molar-refractivity contribution in [3.8, 4) is 5.75 Å². The van der Waals surface area contributed by atoms with Gasteiger partial charge >= 0.3 is 0 Å². The zero-order valence-electron chi connectivity index (χ0n) is 19.5. The third kappa shape index (κ3) is 5.10. The number of amides is 2. The van der Waals surface area contributed by atoms with Crippen molar-refractivity contribution in [2.75, 3.05) is 51.8 Å². The Labute approximate surface area is 195 Å². The van der Waals surface area contributed by atoms with Gasteiger partial charge in [0.05, 0.1) is 25.9 Å². The first-order valence-electron chi connectivity index (χ1n) is 11.4. The van der Waals surface area contributed by atoms with Gasteiger partial charge in [0.25, 0.3) is 11.8 Å². The molecule has 2 aliphatic heterocycles. The number of methoxy groups -OCH3 is 1. The van der Waals surface area contributed by atoms with Crippen LogP contribution < -0.4 is 10.1 Å². The van der Waals surface area contributed by atoms with Gasteiger partial charge in [0.2, 0.25) is 0 Å². The SMILES string of the molecule is COc1cccc(NC2=C(c3ccc(C)c(C)c3)C(=O)N(CCCN3CCOCC3)C2=O)c1. The van der Waals surface area contributed by atoms with Crippen LogP contribution in [0.25, 0.3) is 5.57 Å². The normalized spacial score (nSPS) is 17.1. The van der Waals surface area contributed by atoms with Crippen LogP contribution in [0.4, 0.5) is 5.69 Å². The molecule has 0 aromatic heterocycles. The largest absolute Gasteiger partial charge is 0.497 e. The summed E-state index contributed by atoms with van der Waals surface area (Å²) in [6, 6.07) is 13.2. The van der Waals surface area contributed by atoms with Crippen molar-refractivity contribution in [2.24, 2.45) is 0 Å². The molecule has 2 aromatic rings. The van der Waals surface area contributed by atoms with Crippen LogP contribution in [-0.2, 0) is 14.3 Å². The number of hydrogen-bond donors (Lipinski definition) is 1. The van der Waals surface area contributed by atoms with E-state index in [2.05, 4.69) is 10.2 Å². The number of imide groups is 1. The highest BCUT2D eigenvalue weighted by molar-refractivity contribution is 6.36. The maximum absolute atomic E-state index is 13.5. The molecule has 2 amide bonds. The molecule has 33 heavy (non-hydrogen) atoms. The van der Waals surface area contributed by atoms with Crippen molar-refractivity contribution in [2.45, 2.75) is 20.3 Å². The Bertz CT molecular complexity index is 1070. The second-order valence-electron chi connectivity index (χ2n) is 8.48. The van der Waals surface area contributed by atoms with E-state index < -0.39 is 0 Å². The first kappa shape index (κ1) is 23.0. The Morgan fingerprint density at radius 3 is 2.48 bits per heavy atom. The van der Waals surface area contributed by atoms with Crippen LogP contribution in [0.2, 0.25) is 0 Å². The fourth-order valence-corrected chi connectivity index (χ4v) is 4.18. The summed E-state index contributed by atoms with van der Waals surface area (Å²) in [4.78, 5) is 30.6. The first-order chi connectivity index (χ1) is 16.0. The van der Waals surface area contributed by atoms with E-state index in [9.17, 15) is 9.59 Å². The fraction of sp³-hybridized carbons (Fsp3) is 0.385. The maximum Gasteiger partial charge on any atom is 0.278 e. The maximum atomic E-state index is 13.5. The Balaban J connectivity index is 1.60. The van der Waals surface area contributed by atoms with Crippen LogP contribution in [0.3, 0.4) is 0 Å². The Morgan fingerprint density at radius 1 is 0.970 bits per heavy atom. The van der Waals surface area contributed by atoms with Gasteiger partial charge in [-0.15, -0.1) is 0 Å². The van der Waals surface area contributed by atoms with Crippen LogP contribution in [-0.4, -0.2) is 68.1 Å². The summed E-state index contributed by atoms with van der Waals surface area (Å²) in [6.45, 7) is 8.49. The highest BCUT2D eigenvalue weighted by Crippen LogP contribution is 2.32. The number of ether oxygens (including phenoxy) is 2. The van der Waals surface area contributed by atoms with Crippen molar-refractivity contribution in [3.05, 3.63) is 64.9 Å². The van der Waals surface area contributed by atoms with Crippen LogP contribution in [0.5, 0.6) is 5.75 Å². The summed E-state index contributed by atoms with van der Waals surface area (Å²) in [5, 5.41) is 3.21. The van der Waals surface area contributed by atoms with Crippen molar-refractivity contribution in [1.29, 1.82) is 0 Å². The quantitative estimate of drug-likeness (QED) is 0.624. The number of nitrogens with one attached hydrogen (secondary N) is 1. The minimum Gasteiger partial charge on any atom is -0.497 e. The zero-order chi connectivity index (χ0) is 23.4. The molecule has 2 aromatic carbocycles. The summed E-state index contributed by atoms with van der Waals surface area (Å²) in [5.74, 6) is 0.126. The molecule has 0 unspecified atom stereocenters. The van der Waals surface area contributed by atoms with Crippen molar-refractivity contribution in [3.63, 3.8) is 0 Å². The molecule has 174 valence electrons. The lowest BCUT2D eigenvalue weighted by Crippen LogP contribution is -2.39. The van der Waals surface area contributed by atoms with Crippen molar-refractivity contribution in [1.82, 2.24) is 9.80 Å². The molecule has 0 saturated carbocycles. The predicted molar refractivity (Wildman–Crippen MR) is 128 cm³/mol. The number of hydrogen-bond acceptors (Lipinski definition) is 6. The predicted octanol–water partition coefficient (Wildman–Crippen LogP) is 3.23. The molecule has 7 nitrogen and oxygen atoms in total. The van der Waals surface area contributed by atoms with Crippen molar-refractivity contribution >= 4 is 23.1 Å². The first-order valence-corrected chi connectivity index (χ1v) is 11.4. The topological polar surface area (TPSA) is 71.1 Å². The molecule has 0 aliphatic carbocycles. The van der Waals surface area contributed by atoms with E-state index in [0.717, 1.165) is 56.0 Å². The average Bonchev–Trinajstić information content (AvgIpc) is 3.06. The molecular formula is C26H31N3O4. The van der Waals surface area contributed by atoms with Gasteiger partial charge in [-0.1, -0.05) is 24.3 Å². The van der Waals surface area contributed by atoms with Crippen LogP contribution in [0.1, 0.15) is 23.1 Å². The van der Waals surface area contributed by atoms with Gasteiger partial charge in [-0.3, -0.25) is 19.4 Å². The van der Waals surface area contributed by atoms with Gasteiger partial charge in [-0.25, -0.2) is 0 Å². The second-order valence-corrected chi connectivity index (χ2v) is 8.48. The van der Waals surface area contributed by atoms with Crippen LogP contribution in [0, 0.1) is 13.8 Å². The third-order valence-electron chi connectivity index (χ3n) is 6.26. The van der Waals surface area contributed by atoms with E-state index in [-0.39, 0.29) is 11.8 Å². The van der Waals surface area contributed by atoms with E-state index >= 15 is 0 Å². The standard InChI is InChI=1S/C26H31N3O4/c1-18-8-9-20(16-19(18)2)23-24(27-21-6-4-7-22(17-21)32-3)26(31)29(25(23)30)11-5-10-28-12-14-33-15-13-28/h4,6-9,16-17,27H,5,10-15H2,1-3H3. The van der Waals surface area contributed by atoms with E-state index in [1.54, 1.807) is 7.11 Å². The fourth-order valence-electron chi connectivity index (χ4n) is 4.18. The minimum absolute atomic E-state index is 0.254. The van der Waals surface area contributed by atoms with Gasteiger partial charge in [0.1, 0.15) is 11.4 Å². The minimum atomic E-state index is -0.293. The van der Waals surface area contributed by atoms with E-state index in [4.69, 9.17) is 9.47 Å². The lowest BCUT2D eigenvalue weighted by atomic mass is 9.99. The smallest absolute Gasteiger partial charge is 0.278 e. The van der Waals surface area contributed by atoms with Gasteiger partial charge in [-0.05, 0) is 49.1 Å².